The largest absolute Gasteiger partial charge is 0.505 e. The van der Waals surface area contributed by atoms with Crippen LogP contribution >= 0.6 is 0 Å². The van der Waals surface area contributed by atoms with E-state index in [2.05, 4.69) is 10.3 Å². The lowest BCUT2D eigenvalue weighted by atomic mass is 9.78. The van der Waals surface area contributed by atoms with E-state index >= 15 is 0 Å². The van der Waals surface area contributed by atoms with Crippen LogP contribution in [0.4, 0.5) is 5.69 Å². The predicted molar refractivity (Wildman–Crippen MR) is 240 cm³/mol. The second-order valence-electron chi connectivity index (χ2n) is 17.0. The van der Waals surface area contributed by atoms with E-state index in [1.807, 2.05) is 10.8 Å². The van der Waals surface area contributed by atoms with Gasteiger partial charge in [0, 0.05) is 79.6 Å². The van der Waals surface area contributed by atoms with Gasteiger partial charge in [-0.3, -0.25) is 19.2 Å². The number of carbonyl (C=O) groups is 3. The number of ether oxygens (including phenoxy) is 5. The van der Waals surface area contributed by atoms with Crippen molar-refractivity contribution in [1.29, 1.82) is 0 Å². The van der Waals surface area contributed by atoms with Gasteiger partial charge < -0.3 is 53.3 Å². The van der Waals surface area contributed by atoms with Crippen LogP contribution in [0.2, 0.25) is 0 Å². The van der Waals surface area contributed by atoms with Gasteiger partial charge in [0.25, 0.3) is 11.7 Å². The molecule has 2 aromatic heterocycles. The van der Waals surface area contributed by atoms with E-state index in [1.54, 1.807) is 70.6 Å². The van der Waals surface area contributed by atoms with Crippen LogP contribution in [0.5, 0.6) is 17.2 Å². The molecule has 2 aliphatic heterocycles. The number of rotatable bonds is 6. The molecule has 0 radical (unpaired) electrons. The number of nitrogens with one attached hydrogen (secondary N) is 1. The summed E-state index contributed by atoms with van der Waals surface area (Å²) in [6, 6.07) is 4.92. The number of phenolic OH excluding ortho intramolecular Hbond substituents is 1. The second kappa shape index (κ2) is 18.5. The topological polar surface area (TPSA) is 231 Å². The maximum absolute atomic E-state index is 14.7. The number of imidazole rings is 1. The van der Waals surface area contributed by atoms with Crippen LogP contribution in [-0.4, -0.2) is 91.4 Å². The summed E-state index contributed by atoms with van der Waals surface area (Å²) in [7, 11) is 1.44. The molecule has 4 N–H and O–H groups in total. The Morgan fingerprint density at radius 3 is 2.46 bits per heavy atom. The molecule has 65 heavy (non-hydrogen) atoms. The van der Waals surface area contributed by atoms with E-state index in [0.29, 0.717) is 24.4 Å². The van der Waals surface area contributed by atoms with Gasteiger partial charge in [-0.1, -0.05) is 45.9 Å². The van der Waals surface area contributed by atoms with E-state index in [4.69, 9.17) is 33.1 Å². The Hall–Kier alpha value is -6.56. The Labute approximate surface area is 374 Å². The van der Waals surface area contributed by atoms with Crippen molar-refractivity contribution in [2.45, 2.75) is 92.1 Å². The van der Waals surface area contributed by atoms with Crippen molar-refractivity contribution in [3.63, 3.8) is 0 Å². The van der Waals surface area contributed by atoms with Gasteiger partial charge in [0.15, 0.2) is 22.3 Å². The van der Waals surface area contributed by atoms with Gasteiger partial charge in [0.05, 0.1) is 48.4 Å². The van der Waals surface area contributed by atoms with Gasteiger partial charge >= 0.3 is 11.8 Å². The Morgan fingerprint density at radius 1 is 1.02 bits per heavy atom. The fourth-order valence-corrected chi connectivity index (χ4v) is 8.56. The number of allylic oxidation sites excluding steroid dienone is 2. The van der Waals surface area contributed by atoms with Crippen LogP contribution in [0.1, 0.15) is 64.4 Å². The first-order valence-electron chi connectivity index (χ1n) is 21.4. The molecule has 17 heteroatoms. The number of methoxy groups -OCH3 is 1. The van der Waals surface area contributed by atoms with E-state index in [0.717, 1.165) is 0 Å². The third kappa shape index (κ3) is 8.83. The average Bonchev–Trinajstić information content (AvgIpc) is 3.90. The third-order valence-corrected chi connectivity index (χ3v) is 12.5. The number of ketones is 1. The fourth-order valence-electron chi connectivity index (χ4n) is 8.56. The number of aromatic hydroxyl groups is 1. The zero-order valence-electron chi connectivity index (χ0n) is 37.6. The first kappa shape index (κ1) is 46.4. The average molecular weight is 895 g/mol. The van der Waals surface area contributed by atoms with Crippen molar-refractivity contribution in [1.82, 2.24) is 14.5 Å². The Bertz CT molecular complexity index is 2810. The molecule has 4 bridgehead atoms. The molecule has 0 saturated carbocycles. The second-order valence-corrected chi connectivity index (χ2v) is 17.0. The highest BCUT2D eigenvalue weighted by Gasteiger charge is 2.49. The van der Waals surface area contributed by atoms with Gasteiger partial charge in [-0.05, 0) is 32.1 Å². The predicted octanol–water partition coefficient (Wildman–Crippen LogP) is 6.27. The lowest BCUT2D eigenvalue weighted by Gasteiger charge is -2.38. The molecule has 0 aliphatic carbocycles. The molecule has 344 valence electrons. The van der Waals surface area contributed by atoms with Gasteiger partial charge in [-0.25, -0.2) is 9.97 Å². The molecule has 2 aliphatic rings. The molecule has 0 saturated heterocycles. The van der Waals surface area contributed by atoms with Crippen molar-refractivity contribution in [2.24, 2.45) is 23.7 Å². The van der Waals surface area contributed by atoms with E-state index in [1.165, 1.54) is 53.2 Å². The smallest absolute Gasteiger partial charge is 0.312 e. The summed E-state index contributed by atoms with van der Waals surface area (Å²) in [6.07, 6.45) is 8.70. The van der Waals surface area contributed by atoms with Crippen LogP contribution in [0.25, 0.3) is 33.0 Å². The number of nitrogens with zero attached hydrogens (tertiary/aromatic N) is 3. The summed E-state index contributed by atoms with van der Waals surface area (Å²) in [6.45, 7) is 13.3. The molecule has 5 aromatic rings. The number of fused-ring (bicyclic) bond motifs is 2. The lowest BCUT2D eigenvalue weighted by molar-refractivity contribution is -0.160. The van der Waals surface area contributed by atoms with E-state index in [-0.39, 0.29) is 55.6 Å². The molecule has 4 heterocycles. The molecular weight excluding hydrogens is 841 g/mol. The standard InChI is InChI=1S/C48H54N4O13/c1-23-11-10-12-24(2)47(59)51-38-42(57)35-34(37-45(38)64-33-21-30(13-14-31(33)50-37)61-20-18-52-17-16-49-22-52)36-44(28(6)41(35)56)65-48(8,46(36)58)62-19-15-32(60-9)25(3)43(63-29(7)53)27(5)40(55)26(4)39(23)54/h10-17,19,21-23,25-27,32,39-40,43,54-55,57H,18,20H2,1-9H3,(H,51,59)/b11-10+,19-15+,24-12-/t23-,25+,26+,27+,32-,39-,40+,43+,48-/m0/s1. The van der Waals surface area contributed by atoms with Crippen LogP contribution < -0.4 is 20.2 Å². The highest BCUT2D eigenvalue weighted by Crippen LogP contribution is 2.48. The Morgan fingerprint density at radius 2 is 1.77 bits per heavy atom. The zero-order valence-corrected chi connectivity index (χ0v) is 37.6. The van der Waals surface area contributed by atoms with Crippen molar-refractivity contribution in [2.75, 3.05) is 19.0 Å². The highest BCUT2D eigenvalue weighted by atomic mass is 16.7. The summed E-state index contributed by atoms with van der Waals surface area (Å²) in [5.74, 6) is -6.90. The summed E-state index contributed by atoms with van der Waals surface area (Å²) in [4.78, 5) is 64.3. The molecule has 1 amide bonds. The number of amides is 1. The van der Waals surface area contributed by atoms with Gasteiger partial charge in [0.1, 0.15) is 40.9 Å². The van der Waals surface area contributed by atoms with Crippen molar-refractivity contribution in [3.8, 4) is 17.2 Å². The van der Waals surface area contributed by atoms with Gasteiger partial charge in [-0.15, -0.1) is 0 Å². The van der Waals surface area contributed by atoms with Gasteiger partial charge in [-0.2, -0.15) is 0 Å². The number of anilines is 1. The fraction of sp³-hybridized carbons (Fsp3) is 0.417. The van der Waals surface area contributed by atoms with Crippen molar-refractivity contribution in [3.05, 3.63) is 94.4 Å². The third-order valence-electron chi connectivity index (χ3n) is 12.5. The number of benzene rings is 3. The van der Waals surface area contributed by atoms with E-state index in [9.17, 15) is 34.5 Å². The summed E-state index contributed by atoms with van der Waals surface area (Å²) in [5.41, 5.74) is -0.635. The van der Waals surface area contributed by atoms with Crippen molar-refractivity contribution >= 4 is 56.3 Å². The normalized spacial score (nSPS) is 28.4. The summed E-state index contributed by atoms with van der Waals surface area (Å²) >= 11 is 0. The molecule has 0 unspecified atom stereocenters. The molecule has 0 spiro atoms. The number of aliphatic hydroxyl groups is 2. The number of hydrogen-bond acceptors (Lipinski definition) is 15. The summed E-state index contributed by atoms with van der Waals surface area (Å²) in [5, 5.41) is 37.4. The quantitative estimate of drug-likeness (QED) is 0.0637. The Balaban J connectivity index is 1.41. The van der Waals surface area contributed by atoms with Crippen LogP contribution in [0, 0.1) is 30.6 Å². The number of esters is 1. The van der Waals surface area contributed by atoms with Crippen LogP contribution in [0.15, 0.2) is 82.3 Å². The minimum atomic E-state index is -2.05. The molecule has 0 fully saturated rings. The maximum Gasteiger partial charge on any atom is 0.312 e. The number of hydrogen-bond donors (Lipinski definition) is 4. The minimum Gasteiger partial charge on any atom is -0.505 e. The number of aliphatic hydroxyl groups excluding tert-OH is 2. The highest BCUT2D eigenvalue weighted by molar-refractivity contribution is 6.26. The van der Waals surface area contributed by atoms with E-state index < -0.39 is 82.7 Å². The lowest BCUT2D eigenvalue weighted by Crippen LogP contribution is -2.46. The summed E-state index contributed by atoms with van der Waals surface area (Å²) < 4.78 is 38.1. The number of aromatic nitrogens is 3. The van der Waals surface area contributed by atoms with Crippen LogP contribution in [0.3, 0.4) is 0 Å². The molecule has 3 aromatic carbocycles. The Kier molecular flexibility index (Phi) is 13.2. The molecule has 9 atom stereocenters. The number of phenols is 1. The van der Waals surface area contributed by atoms with Crippen LogP contribution in [-0.2, 0) is 30.3 Å². The SMILES string of the molecule is CO[C@H]1/C=C/O[C@@]2(C)Oc3c(C)c(=O)c4c(O)c(c5oc6cc(OCCn7ccnc7)ccc6nc5c4c3C2=O)NC(=O)/C(C)=C\C=C\[C@H](C)[C@H](O)[C@@H](C)[C@@H](O)[C@@H](C)[C@H](OC(C)=O)[C@@H]1C. The first-order valence-corrected chi connectivity index (χ1v) is 21.4. The first-order chi connectivity index (χ1) is 30.9. The number of Topliss-reactive ketones (excluding diaryl/α,β-unsaturated/α-hetero) is 1. The minimum absolute atomic E-state index is 0.0169. The maximum atomic E-state index is 14.7. The van der Waals surface area contributed by atoms with Crippen molar-refractivity contribution < 1.29 is 57.8 Å². The molecule has 17 nitrogen and oxygen atoms in total. The number of carbonyl (C=O) groups excluding carboxylic acids is 3. The molecule has 7 rings (SSSR count). The molecular formula is C48H54N4O13. The monoisotopic (exact) mass is 894 g/mol. The van der Waals surface area contributed by atoms with Gasteiger partial charge in [0.2, 0.25) is 0 Å². The zero-order chi connectivity index (χ0) is 47.1.